The topological polar surface area (TPSA) is 111 Å². The number of aromatic nitrogens is 3. The quantitative estimate of drug-likeness (QED) is 0.513. The summed E-state index contributed by atoms with van der Waals surface area (Å²) in [5.41, 5.74) is 9.39. The van der Waals surface area contributed by atoms with Crippen LogP contribution >= 0.6 is 0 Å². The zero-order chi connectivity index (χ0) is 16.9. The number of anilines is 1. The van der Waals surface area contributed by atoms with Gasteiger partial charge >= 0.3 is 0 Å². The minimum absolute atomic E-state index is 0.230. The van der Waals surface area contributed by atoms with E-state index < -0.39 is 6.10 Å². The molecule has 3 rings (SSSR count). The third kappa shape index (κ3) is 3.88. The first kappa shape index (κ1) is 16.4. The van der Waals surface area contributed by atoms with Gasteiger partial charge in [0.2, 0.25) is 5.95 Å². The van der Waals surface area contributed by atoms with Gasteiger partial charge < -0.3 is 20.9 Å². The van der Waals surface area contributed by atoms with E-state index in [0.29, 0.717) is 19.6 Å². The van der Waals surface area contributed by atoms with Crippen molar-refractivity contribution >= 4 is 17.0 Å². The summed E-state index contributed by atoms with van der Waals surface area (Å²) in [5, 5.41) is 19.0. The second-order valence-electron chi connectivity index (χ2n) is 5.80. The van der Waals surface area contributed by atoms with Crippen LogP contribution in [0.15, 0.2) is 42.7 Å². The Morgan fingerprint density at radius 3 is 2.75 bits per heavy atom. The Hall–Kier alpha value is -2.48. The molecule has 0 unspecified atom stereocenters. The molecule has 126 valence electrons. The van der Waals surface area contributed by atoms with Crippen LogP contribution in [-0.2, 0) is 13.1 Å². The second kappa shape index (κ2) is 7.39. The number of fused-ring (bicyclic) bond motifs is 1. The summed E-state index contributed by atoms with van der Waals surface area (Å²) < 4.78 is 0. The van der Waals surface area contributed by atoms with Crippen molar-refractivity contribution in [2.75, 3.05) is 18.9 Å². The number of aliphatic hydroxyl groups is 2. The third-order valence-corrected chi connectivity index (χ3v) is 3.84. The maximum atomic E-state index is 9.85. The predicted molar refractivity (Wildman–Crippen MR) is 91.9 cm³/mol. The number of nitrogens with zero attached hydrogens (tertiary/aromatic N) is 3. The van der Waals surface area contributed by atoms with Crippen molar-refractivity contribution in [3.8, 4) is 0 Å². The molecule has 24 heavy (non-hydrogen) atoms. The Morgan fingerprint density at radius 2 is 2.00 bits per heavy atom. The highest BCUT2D eigenvalue weighted by Gasteiger charge is 2.15. The van der Waals surface area contributed by atoms with E-state index in [-0.39, 0.29) is 12.6 Å². The Labute approximate surface area is 139 Å². The number of rotatable bonds is 7. The lowest BCUT2D eigenvalue weighted by Crippen LogP contribution is -2.33. The van der Waals surface area contributed by atoms with Gasteiger partial charge in [0, 0.05) is 31.4 Å². The van der Waals surface area contributed by atoms with Crippen LogP contribution in [0.4, 0.5) is 5.95 Å². The Balaban J connectivity index is 1.83. The minimum Gasteiger partial charge on any atom is -0.394 e. The van der Waals surface area contributed by atoms with E-state index in [4.69, 9.17) is 10.8 Å². The van der Waals surface area contributed by atoms with Crippen LogP contribution < -0.4 is 5.73 Å². The number of nitrogen functional groups attached to an aromatic ring is 1. The number of benzene rings is 1. The number of aromatic amines is 1. The summed E-state index contributed by atoms with van der Waals surface area (Å²) >= 11 is 0. The molecule has 0 aliphatic heterocycles. The fourth-order valence-corrected chi connectivity index (χ4v) is 2.72. The monoisotopic (exact) mass is 327 g/mol. The summed E-state index contributed by atoms with van der Waals surface area (Å²) in [6.07, 6.45) is 2.74. The molecule has 0 spiro atoms. The van der Waals surface area contributed by atoms with Crippen LogP contribution in [-0.4, -0.2) is 49.3 Å². The molecule has 0 aliphatic rings. The lowest BCUT2D eigenvalue weighted by molar-refractivity contribution is 0.0543. The SMILES string of the molecule is Nc1ncc2[nH]cc(CN(Cc3ccccc3)C[C@@H](O)CO)c2n1. The maximum absolute atomic E-state index is 9.85. The van der Waals surface area contributed by atoms with Crippen molar-refractivity contribution in [3.63, 3.8) is 0 Å². The molecule has 3 aromatic rings. The molecule has 2 heterocycles. The van der Waals surface area contributed by atoms with Crippen molar-refractivity contribution in [2.45, 2.75) is 19.2 Å². The number of nitrogens with one attached hydrogen (secondary N) is 1. The summed E-state index contributed by atoms with van der Waals surface area (Å²) in [7, 11) is 0. The van der Waals surface area contributed by atoms with Crippen LogP contribution in [0.1, 0.15) is 11.1 Å². The lowest BCUT2D eigenvalue weighted by Gasteiger charge is -2.24. The van der Waals surface area contributed by atoms with Gasteiger partial charge in [0.1, 0.15) is 0 Å². The largest absolute Gasteiger partial charge is 0.394 e. The van der Waals surface area contributed by atoms with Gasteiger partial charge in [0.25, 0.3) is 0 Å². The zero-order valence-corrected chi connectivity index (χ0v) is 13.3. The molecule has 1 aromatic carbocycles. The molecule has 0 aliphatic carbocycles. The first-order chi connectivity index (χ1) is 11.7. The summed E-state index contributed by atoms with van der Waals surface area (Å²) in [5.74, 6) is 0.230. The molecule has 0 saturated heterocycles. The first-order valence-corrected chi connectivity index (χ1v) is 7.79. The summed E-state index contributed by atoms with van der Waals surface area (Å²) in [4.78, 5) is 13.5. The highest BCUT2D eigenvalue weighted by atomic mass is 16.3. The molecule has 0 fully saturated rings. The van der Waals surface area contributed by atoms with E-state index in [9.17, 15) is 5.11 Å². The van der Waals surface area contributed by atoms with Crippen LogP contribution in [0.3, 0.4) is 0 Å². The molecule has 0 bridgehead atoms. The van der Waals surface area contributed by atoms with Crippen molar-refractivity contribution in [1.29, 1.82) is 0 Å². The van der Waals surface area contributed by atoms with Crippen molar-refractivity contribution in [3.05, 3.63) is 53.9 Å². The number of H-pyrrole nitrogens is 1. The van der Waals surface area contributed by atoms with Gasteiger partial charge in [-0.2, -0.15) is 0 Å². The van der Waals surface area contributed by atoms with Gasteiger partial charge in [0.15, 0.2) is 0 Å². The molecule has 7 nitrogen and oxygen atoms in total. The molecule has 1 atom stereocenters. The second-order valence-corrected chi connectivity index (χ2v) is 5.80. The van der Waals surface area contributed by atoms with Crippen molar-refractivity contribution < 1.29 is 10.2 Å². The predicted octanol–water partition coefficient (Wildman–Crippen LogP) is 0.895. The molecule has 0 amide bonds. The smallest absolute Gasteiger partial charge is 0.220 e. The van der Waals surface area contributed by atoms with Gasteiger partial charge in [-0.1, -0.05) is 30.3 Å². The van der Waals surface area contributed by atoms with E-state index in [1.165, 1.54) is 0 Å². The highest BCUT2D eigenvalue weighted by Crippen LogP contribution is 2.19. The number of aliphatic hydroxyl groups excluding tert-OH is 2. The average Bonchev–Trinajstić information content (AvgIpc) is 2.97. The molecular formula is C17H21N5O2. The third-order valence-electron chi connectivity index (χ3n) is 3.84. The molecular weight excluding hydrogens is 306 g/mol. The number of nitrogens with two attached hydrogens (primary N) is 1. The highest BCUT2D eigenvalue weighted by molar-refractivity contribution is 5.78. The summed E-state index contributed by atoms with van der Waals surface area (Å²) in [6.45, 7) is 1.32. The van der Waals surface area contributed by atoms with Gasteiger partial charge in [-0.05, 0) is 5.56 Å². The Morgan fingerprint density at radius 1 is 1.21 bits per heavy atom. The van der Waals surface area contributed by atoms with E-state index in [2.05, 4.69) is 19.9 Å². The molecule has 0 saturated carbocycles. The standard InChI is InChI=1S/C17H21N5O2/c18-17-20-7-15-16(21-17)13(6-19-15)9-22(10-14(24)11-23)8-12-4-2-1-3-5-12/h1-7,14,19,23-24H,8-11H2,(H2,18,20,21)/t14-/m1/s1. The van der Waals surface area contributed by atoms with E-state index >= 15 is 0 Å². The molecule has 5 N–H and O–H groups in total. The minimum atomic E-state index is -0.793. The van der Waals surface area contributed by atoms with Crippen molar-refractivity contribution in [2.24, 2.45) is 0 Å². The van der Waals surface area contributed by atoms with E-state index in [1.807, 2.05) is 36.5 Å². The Bertz CT molecular complexity index is 790. The van der Waals surface area contributed by atoms with E-state index in [1.54, 1.807) is 6.20 Å². The average molecular weight is 327 g/mol. The van der Waals surface area contributed by atoms with Gasteiger partial charge in [0.05, 0.1) is 29.9 Å². The fourth-order valence-electron chi connectivity index (χ4n) is 2.72. The Kier molecular flexibility index (Phi) is 5.05. The maximum Gasteiger partial charge on any atom is 0.220 e. The lowest BCUT2D eigenvalue weighted by atomic mass is 10.2. The normalized spacial score (nSPS) is 12.8. The number of hydrogen-bond acceptors (Lipinski definition) is 6. The van der Waals surface area contributed by atoms with Crippen LogP contribution in [0.2, 0.25) is 0 Å². The molecule has 7 heteroatoms. The van der Waals surface area contributed by atoms with Crippen molar-refractivity contribution in [1.82, 2.24) is 19.9 Å². The van der Waals surface area contributed by atoms with E-state index in [0.717, 1.165) is 22.2 Å². The van der Waals surface area contributed by atoms with Gasteiger partial charge in [-0.25, -0.2) is 9.97 Å². The summed E-state index contributed by atoms with van der Waals surface area (Å²) in [6, 6.07) is 10.0. The van der Waals surface area contributed by atoms with Gasteiger partial charge in [-0.15, -0.1) is 0 Å². The zero-order valence-electron chi connectivity index (χ0n) is 13.3. The van der Waals surface area contributed by atoms with Crippen LogP contribution in [0, 0.1) is 0 Å². The van der Waals surface area contributed by atoms with Crippen LogP contribution in [0.5, 0.6) is 0 Å². The molecule has 0 radical (unpaired) electrons. The molecule has 2 aromatic heterocycles. The van der Waals surface area contributed by atoms with Gasteiger partial charge in [-0.3, -0.25) is 4.90 Å². The fraction of sp³-hybridized carbons (Fsp3) is 0.294. The first-order valence-electron chi connectivity index (χ1n) is 7.79. The van der Waals surface area contributed by atoms with Crippen LogP contribution in [0.25, 0.3) is 11.0 Å². The number of hydrogen-bond donors (Lipinski definition) is 4.